The number of ether oxygens (including phenoxy) is 1. The van der Waals surface area contributed by atoms with Crippen molar-refractivity contribution in [1.82, 2.24) is 0 Å². The molecule has 15 heavy (non-hydrogen) atoms. The van der Waals surface area contributed by atoms with E-state index >= 15 is 0 Å². The van der Waals surface area contributed by atoms with Crippen molar-refractivity contribution in [2.45, 2.75) is 25.4 Å². The second kappa shape index (κ2) is 4.94. The first kappa shape index (κ1) is 11.7. The summed E-state index contributed by atoms with van der Waals surface area (Å²) < 4.78 is 4.52. The van der Waals surface area contributed by atoms with Gasteiger partial charge in [-0.15, -0.1) is 0 Å². The number of carbonyl (C=O) groups is 1. The third kappa shape index (κ3) is 4.13. The molecule has 1 N–H and O–H groups in total. The maximum atomic E-state index is 11.0. The summed E-state index contributed by atoms with van der Waals surface area (Å²) in [5, 5.41) is 9.97. The van der Waals surface area contributed by atoms with Crippen LogP contribution < -0.4 is 0 Å². The van der Waals surface area contributed by atoms with E-state index in [0.29, 0.717) is 6.42 Å². The molecule has 0 aliphatic heterocycles. The molecule has 0 saturated heterocycles. The third-order valence-electron chi connectivity index (χ3n) is 2.18. The quantitative estimate of drug-likeness (QED) is 0.763. The van der Waals surface area contributed by atoms with Gasteiger partial charge in [-0.1, -0.05) is 30.3 Å². The molecule has 3 nitrogen and oxygen atoms in total. The Morgan fingerprint density at radius 3 is 2.53 bits per heavy atom. The van der Waals surface area contributed by atoms with Gasteiger partial charge in [0.15, 0.2) is 0 Å². The van der Waals surface area contributed by atoms with Crippen molar-refractivity contribution in [3.05, 3.63) is 35.9 Å². The minimum atomic E-state index is -1.05. The highest BCUT2D eigenvalue weighted by molar-refractivity contribution is 5.70. The summed E-state index contributed by atoms with van der Waals surface area (Å²) in [7, 11) is 1.32. The molecule has 0 saturated carbocycles. The van der Waals surface area contributed by atoms with Crippen LogP contribution >= 0.6 is 0 Å². The molecule has 1 unspecified atom stereocenters. The predicted octanol–water partition coefficient (Wildman–Crippen LogP) is 1.54. The van der Waals surface area contributed by atoms with Crippen molar-refractivity contribution < 1.29 is 14.6 Å². The third-order valence-corrected chi connectivity index (χ3v) is 2.18. The lowest BCUT2D eigenvalue weighted by Crippen LogP contribution is -2.31. The summed E-state index contributed by atoms with van der Waals surface area (Å²) >= 11 is 0. The molecule has 0 amide bonds. The SMILES string of the molecule is COC(=O)CC(C)(O)Cc1ccccc1. The average molecular weight is 208 g/mol. The molecular formula is C12H16O3. The van der Waals surface area contributed by atoms with Crippen LogP contribution in [0.3, 0.4) is 0 Å². The first-order chi connectivity index (χ1) is 7.03. The van der Waals surface area contributed by atoms with Gasteiger partial charge in [-0.05, 0) is 12.5 Å². The zero-order valence-electron chi connectivity index (χ0n) is 9.06. The van der Waals surface area contributed by atoms with Crippen LogP contribution in [0.5, 0.6) is 0 Å². The maximum absolute atomic E-state index is 11.0. The summed E-state index contributed by atoms with van der Waals surface area (Å²) in [5.74, 6) is -0.393. The van der Waals surface area contributed by atoms with Crippen LogP contribution in [0.1, 0.15) is 18.9 Å². The van der Waals surface area contributed by atoms with Crippen molar-refractivity contribution in [3.8, 4) is 0 Å². The lowest BCUT2D eigenvalue weighted by atomic mass is 9.93. The molecule has 0 aliphatic rings. The van der Waals surface area contributed by atoms with Crippen LogP contribution in [-0.4, -0.2) is 23.8 Å². The highest BCUT2D eigenvalue weighted by Gasteiger charge is 2.25. The number of carbonyl (C=O) groups excluding carboxylic acids is 1. The van der Waals surface area contributed by atoms with Gasteiger partial charge in [-0.2, -0.15) is 0 Å². The number of aliphatic hydroxyl groups is 1. The van der Waals surface area contributed by atoms with E-state index in [0.717, 1.165) is 5.56 Å². The van der Waals surface area contributed by atoms with Crippen LogP contribution in [0, 0.1) is 0 Å². The molecule has 1 atom stereocenters. The number of benzene rings is 1. The van der Waals surface area contributed by atoms with E-state index in [2.05, 4.69) is 4.74 Å². The Kier molecular flexibility index (Phi) is 3.86. The average Bonchev–Trinajstić information content (AvgIpc) is 2.17. The Balaban J connectivity index is 2.60. The molecule has 82 valence electrons. The van der Waals surface area contributed by atoms with Crippen molar-refractivity contribution in [2.24, 2.45) is 0 Å². The van der Waals surface area contributed by atoms with E-state index in [4.69, 9.17) is 0 Å². The number of hydrogen-bond donors (Lipinski definition) is 1. The second-order valence-electron chi connectivity index (χ2n) is 3.91. The fraction of sp³-hybridized carbons (Fsp3) is 0.417. The summed E-state index contributed by atoms with van der Waals surface area (Å²) in [5.41, 5.74) is -0.0412. The van der Waals surface area contributed by atoms with Crippen molar-refractivity contribution in [1.29, 1.82) is 0 Å². The summed E-state index contributed by atoms with van der Waals surface area (Å²) in [6.45, 7) is 1.64. The summed E-state index contributed by atoms with van der Waals surface area (Å²) in [6.07, 6.45) is 0.460. The van der Waals surface area contributed by atoms with E-state index < -0.39 is 11.6 Å². The van der Waals surface area contributed by atoms with Gasteiger partial charge in [0.25, 0.3) is 0 Å². The van der Waals surface area contributed by atoms with Gasteiger partial charge in [0.2, 0.25) is 0 Å². The van der Waals surface area contributed by atoms with Gasteiger partial charge in [-0.3, -0.25) is 4.79 Å². The van der Waals surface area contributed by atoms with Crippen LogP contribution in [0.15, 0.2) is 30.3 Å². The van der Waals surface area contributed by atoms with Gasteiger partial charge >= 0.3 is 5.97 Å². The fourth-order valence-corrected chi connectivity index (χ4v) is 1.48. The number of methoxy groups -OCH3 is 1. The maximum Gasteiger partial charge on any atom is 0.308 e. The van der Waals surface area contributed by atoms with E-state index in [1.807, 2.05) is 30.3 Å². The van der Waals surface area contributed by atoms with Gasteiger partial charge in [0.1, 0.15) is 0 Å². The van der Waals surface area contributed by atoms with E-state index in [1.165, 1.54) is 7.11 Å². The monoisotopic (exact) mass is 208 g/mol. The first-order valence-electron chi connectivity index (χ1n) is 4.87. The normalized spacial score (nSPS) is 14.3. The minimum Gasteiger partial charge on any atom is -0.469 e. The number of esters is 1. The molecule has 0 heterocycles. The predicted molar refractivity (Wildman–Crippen MR) is 57.4 cm³/mol. The van der Waals surface area contributed by atoms with Crippen LogP contribution in [0.25, 0.3) is 0 Å². The molecule has 1 rings (SSSR count). The number of hydrogen-bond acceptors (Lipinski definition) is 3. The highest BCUT2D eigenvalue weighted by Crippen LogP contribution is 2.17. The molecule has 0 aliphatic carbocycles. The van der Waals surface area contributed by atoms with Crippen molar-refractivity contribution in [3.63, 3.8) is 0 Å². The molecule has 1 aromatic carbocycles. The first-order valence-corrected chi connectivity index (χ1v) is 4.87. The Bertz CT molecular complexity index is 317. The molecule has 0 fully saturated rings. The van der Waals surface area contributed by atoms with E-state index in [1.54, 1.807) is 6.92 Å². The molecule has 0 radical (unpaired) electrons. The number of rotatable bonds is 4. The fourth-order valence-electron chi connectivity index (χ4n) is 1.48. The minimum absolute atomic E-state index is 0.0123. The Morgan fingerprint density at radius 1 is 1.40 bits per heavy atom. The Hall–Kier alpha value is -1.35. The zero-order chi connectivity index (χ0) is 11.3. The lowest BCUT2D eigenvalue weighted by molar-refractivity contribution is -0.145. The van der Waals surface area contributed by atoms with Crippen molar-refractivity contribution in [2.75, 3.05) is 7.11 Å². The van der Waals surface area contributed by atoms with Gasteiger partial charge in [-0.25, -0.2) is 0 Å². The van der Waals surface area contributed by atoms with E-state index in [-0.39, 0.29) is 6.42 Å². The van der Waals surface area contributed by atoms with Crippen LogP contribution in [-0.2, 0) is 16.0 Å². The van der Waals surface area contributed by atoms with Crippen LogP contribution in [0.4, 0.5) is 0 Å². The van der Waals surface area contributed by atoms with E-state index in [9.17, 15) is 9.90 Å². The van der Waals surface area contributed by atoms with Crippen molar-refractivity contribution >= 4 is 5.97 Å². The smallest absolute Gasteiger partial charge is 0.308 e. The summed E-state index contributed by atoms with van der Waals surface area (Å²) in [6, 6.07) is 9.57. The largest absolute Gasteiger partial charge is 0.469 e. The molecule has 0 aromatic heterocycles. The van der Waals surface area contributed by atoms with Gasteiger partial charge in [0.05, 0.1) is 19.1 Å². The van der Waals surface area contributed by atoms with Gasteiger partial charge in [0, 0.05) is 6.42 Å². The highest BCUT2D eigenvalue weighted by atomic mass is 16.5. The Morgan fingerprint density at radius 2 is 2.00 bits per heavy atom. The Labute approximate surface area is 89.7 Å². The second-order valence-corrected chi connectivity index (χ2v) is 3.91. The molecule has 0 spiro atoms. The molecule has 0 bridgehead atoms. The summed E-state index contributed by atoms with van der Waals surface area (Å²) in [4.78, 5) is 11.0. The topological polar surface area (TPSA) is 46.5 Å². The molecule has 3 heteroatoms. The zero-order valence-corrected chi connectivity index (χ0v) is 9.06. The standard InChI is InChI=1S/C12H16O3/c1-12(14,9-11(13)15-2)8-10-6-4-3-5-7-10/h3-7,14H,8-9H2,1-2H3. The molecular weight excluding hydrogens is 192 g/mol. The lowest BCUT2D eigenvalue weighted by Gasteiger charge is -2.21. The van der Waals surface area contributed by atoms with Crippen LogP contribution in [0.2, 0.25) is 0 Å². The van der Waals surface area contributed by atoms with Gasteiger partial charge < -0.3 is 9.84 Å². The molecule has 1 aromatic rings.